The fraction of sp³-hybridized carbons (Fsp3) is 0.471. The normalized spacial score (nSPS) is 19.8. The number of rotatable bonds is 3. The molecule has 0 bridgehead atoms. The van der Waals surface area contributed by atoms with Crippen molar-refractivity contribution in [2.45, 2.75) is 25.7 Å². The molecule has 24 heavy (non-hydrogen) atoms. The van der Waals surface area contributed by atoms with Gasteiger partial charge in [0, 0.05) is 30.4 Å². The Kier molecular flexibility index (Phi) is 3.72. The number of carbonyl (C=O) groups excluding carboxylic acids is 1. The third-order valence-electron chi connectivity index (χ3n) is 5.15. The summed E-state index contributed by atoms with van der Waals surface area (Å²) >= 11 is 0. The van der Waals surface area contributed by atoms with E-state index in [9.17, 15) is 9.59 Å². The quantitative estimate of drug-likeness (QED) is 0.899. The smallest absolute Gasteiger partial charge is 0.381 e. The molecule has 1 spiro atoms. The molecule has 1 amide bonds. The lowest BCUT2D eigenvalue weighted by molar-refractivity contribution is -0.132. The van der Waals surface area contributed by atoms with E-state index in [2.05, 4.69) is 20.0 Å². The summed E-state index contributed by atoms with van der Waals surface area (Å²) in [6.07, 6.45) is 4.06. The van der Waals surface area contributed by atoms with Crippen LogP contribution >= 0.6 is 0 Å². The molecule has 0 radical (unpaired) electrons. The van der Waals surface area contributed by atoms with Gasteiger partial charge in [0.25, 0.3) is 0 Å². The Morgan fingerprint density at radius 1 is 1.21 bits per heavy atom. The number of benzene rings is 1. The third kappa shape index (κ3) is 2.87. The zero-order chi connectivity index (χ0) is 16.6. The van der Waals surface area contributed by atoms with Crippen molar-refractivity contribution in [1.82, 2.24) is 10.1 Å². The fourth-order valence-electron chi connectivity index (χ4n) is 3.69. The molecule has 0 unspecified atom stereocenters. The number of amides is 1. The predicted octanol–water partition coefficient (Wildman–Crippen LogP) is 2.18. The first-order chi connectivity index (χ1) is 11.6. The minimum atomic E-state index is -0.589. The van der Waals surface area contributed by atoms with Gasteiger partial charge in [-0.15, -0.1) is 0 Å². The lowest BCUT2D eigenvalue weighted by Crippen LogP contribution is -2.46. The van der Waals surface area contributed by atoms with E-state index in [-0.39, 0.29) is 11.8 Å². The zero-order valence-electron chi connectivity index (χ0n) is 13.2. The molecule has 0 atom stereocenters. The van der Waals surface area contributed by atoms with E-state index < -0.39 is 5.76 Å². The molecule has 1 saturated heterocycles. The molecule has 1 saturated carbocycles. The number of hydrogen-bond donors (Lipinski definition) is 2. The van der Waals surface area contributed by atoms with Gasteiger partial charge in [-0.2, -0.15) is 0 Å². The van der Waals surface area contributed by atoms with Crippen LogP contribution in [-0.2, 0) is 9.53 Å². The van der Waals surface area contributed by atoms with Crippen molar-refractivity contribution in [1.29, 1.82) is 0 Å². The van der Waals surface area contributed by atoms with Gasteiger partial charge in [0.15, 0.2) is 5.82 Å². The van der Waals surface area contributed by atoms with Crippen LogP contribution in [0.5, 0.6) is 0 Å². The molecule has 2 aromatic rings. The summed E-state index contributed by atoms with van der Waals surface area (Å²) < 4.78 is 9.89. The first kappa shape index (κ1) is 15.1. The Bertz CT molecular complexity index is 779. The van der Waals surface area contributed by atoms with Gasteiger partial charge >= 0.3 is 5.76 Å². The van der Waals surface area contributed by atoms with E-state index in [1.54, 1.807) is 24.3 Å². The Labute approximate surface area is 138 Å². The van der Waals surface area contributed by atoms with E-state index in [1.807, 2.05) is 0 Å². The second kappa shape index (κ2) is 5.90. The highest BCUT2D eigenvalue weighted by Crippen LogP contribution is 2.52. The third-order valence-corrected chi connectivity index (χ3v) is 5.15. The van der Waals surface area contributed by atoms with Crippen molar-refractivity contribution >= 4 is 11.6 Å². The van der Waals surface area contributed by atoms with Crippen molar-refractivity contribution in [3.63, 3.8) is 0 Å². The number of carbonyl (C=O) groups is 1. The summed E-state index contributed by atoms with van der Waals surface area (Å²) in [6, 6.07) is 7.15. The summed E-state index contributed by atoms with van der Waals surface area (Å²) in [7, 11) is 0. The summed E-state index contributed by atoms with van der Waals surface area (Å²) in [5.41, 5.74) is 1.80. The van der Waals surface area contributed by atoms with Crippen LogP contribution in [0.15, 0.2) is 33.6 Å². The monoisotopic (exact) mass is 329 g/mol. The number of aromatic nitrogens is 2. The average molecular weight is 329 g/mol. The molecular formula is C17H19N3O4. The molecule has 1 aromatic heterocycles. The van der Waals surface area contributed by atoms with Crippen molar-refractivity contribution in [3.8, 4) is 11.4 Å². The molecule has 2 heterocycles. The minimum absolute atomic E-state index is 0.0784. The first-order valence-corrected chi connectivity index (χ1v) is 8.19. The van der Waals surface area contributed by atoms with Gasteiger partial charge in [-0.3, -0.25) is 14.3 Å². The summed E-state index contributed by atoms with van der Waals surface area (Å²) in [6.45, 7) is 1.64. The molecule has 2 fully saturated rings. The topological polar surface area (TPSA) is 97.2 Å². The maximum absolute atomic E-state index is 12.4. The van der Waals surface area contributed by atoms with Gasteiger partial charge in [0.1, 0.15) is 0 Å². The maximum atomic E-state index is 12.4. The Hall–Kier alpha value is -2.41. The van der Waals surface area contributed by atoms with Crippen LogP contribution in [0.3, 0.4) is 0 Å². The second-order valence-corrected chi connectivity index (χ2v) is 6.73. The van der Waals surface area contributed by atoms with E-state index in [1.165, 1.54) is 0 Å². The number of anilines is 1. The fourth-order valence-corrected chi connectivity index (χ4v) is 3.69. The zero-order valence-corrected chi connectivity index (χ0v) is 13.2. The van der Waals surface area contributed by atoms with Gasteiger partial charge < -0.3 is 10.1 Å². The first-order valence-electron chi connectivity index (χ1n) is 8.19. The molecule has 1 aromatic carbocycles. The molecular weight excluding hydrogens is 310 g/mol. The highest BCUT2D eigenvalue weighted by molar-refractivity contribution is 5.93. The average Bonchev–Trinajstić information content (AvgIpc) is 3.00. The van der Waals surface area contributed by atoms with Crippen molar-refractivity contribution in [2.75, 3.05) is 18.5 Å². The largest absolute Gasteiger partial charge is 0.439 e. The Morgan fingerprint density at radius 2 is 1.92 bits per heavy atom. The van der Waals surface area contributed by atoms with Crippen LogP contribution in [-0.4, -0.2) is 29.3 Å². The number of ether oxygens (including phenoxy) is 1. The molecule has 7 nitrogen and oxygen atoms in total. The molecule has 4 rings (SSSR count). The van der Waals surface area contributed by atoms with Gasteiger partial charge in [-0.25, -0.2) is 4.79 Å². The van der Waals surface area contributed by atoms with Crippen LogP contribution in [0.1, 0.15) is 25.7 Å². The van der Waals surface area contributed by atoms with Crippen LogP contribution in [0.4, 0.5) is 5.69 Å². The Morgan fingerprint density at radius 3 is 2.54 bits per heavy atom. The second-order valence-electron chi connectivity index (χ2n) is 6.73. The van der Waals surface area contributed by atoms with Crippen LogP contribution in [0.2, 0.25) is 0 Å². The summed E-state index contributed by atoms with van der Waals surface area (Å²) in [4.78, 5) is 25.8. The number of nitrogens with zero attached hydrogens (tertiary/aromatic N) is 1. The van der Waals surface area contributed by atoms with Crippen molar-refractivity contribution in [3.05, 3.63) is 34.8 Å². The summed E-state index contributed by atoms with van der Waals surface area (Å²) in [5.74, 6) is -0.0443. The molecule has 126 valence electrons. The van der Waals surface area contributed by atoms with E-state index >= 15 is 0 Å². The molecule has 2 aliphatic rings. The summed E-state index contributed by atoms with van der Waals surface area (Å²) in [5, 5.41) is 6.60. The van der Waals surface area contributed by atoms with Crippen LogP contribution in [0.25, 0.3) is 11.4 Å². The van der Waals surface area contributed by atoms with Gasteiger partial charge in [-0.1, -0.05) is 5.16 Å². The van der Waals surface area contributed by atoms with Gasteiger partial charge in [-0.05, 0) is 55.4 Å². The number of hydrogen-bond acceptors (Lipinski definition) is 5. The number of H-pyrrole nitrogens is 1. The van der Waals surface area contributed by atoms with Crippen molar-refractivity contribution in [2.24, 2.45) is 11.3 Å². The number of nitrogens with one attached hydrogen (secondary N) is 2. The van der Waals surface area contributed by atoms with Crippen LogP contribution in [0, 0.1) is 11.3 Å². The number of aromatic amines is 1. The van der Waals surface area contributed by atoms with E-state index in [0.29, 0.717) is 11.2 Å². The lowest BCUT2D eigenvalue weighted by atomic mass is 9.58. The van der Waals surface area contributed by atoms with Crippen LogP contribution < -0.4 is 11.1 Å². The highest BCUT2D eigenvalue weighted by atomic mass is 16.5. The SMILES string of the molecule is O=C(Nc1ccc(-c2noc(=O)[nH]2)cc1)C1CC2(CCOCC2)C1. The molecule has 1 aliphatic carbocycles. The van der Waals surface area contributed by atoms with Crippen molar-refractivity contribution < 1.29 is 14.1 Å². The van der Waals surface area contributed by atoms with Gasteiger partial charge in [0.2, 0.25) is 5.91 Å². The Balaban J connectivity index is 1.35. The highest BCUT2D eigenvalue weighted by Gasteiger charge is 2.47. The van der Waals surface area contributed by atoms with E-state index in [4.69, 9.17) is 4.74 Å². The standard InChI is InChI=1S/C17H19N3O4/c21-15(12-9-17(10-12)5-7-23-8-6-17)18-13-3-1-11(2-4-13)14-19-16(22)24-20-14/h1-4,12H,5-10H2,(H,18,21)(H,19,20,22). The molecule has 1 aliphatic heterocycles. The predicted molar refractivity (Wildman–Crippen MR) is 86.4 cm³/mol. The molecule has 7 heteroatoms. The maximum Gasteiger partial charge on any atom is 0.439 e. The minimum Gasteiger partial charge on any atom is -0.381 e. The molecule has 2 N–H and O–H groups in total. The van der Waals surface area contributed by atoms with E-state index in [0.717, 1.165) is 50.1 Å². The van der Waals surface area contributed by atoms with Gasteiger partial charge in [0.05, 0.1) is 0 Å². The lowest BCUT2D eigenvalue weighted by Gasteiger charge is -2.49.